The maximum absolute atomic E-state index is 12.3. The monoisotopic (exact) mass is 512 g/mol. The molecule has 0 radical (unpaired) electrons. The number of pyridine rings is 1. The maximum Gasteiger partial charge on any atom is 0.252 e. The Kier molecular flexibility index (Phi) is 5.98. The first kappa shape index (κ1) is 24.3. The van der Waals surface area contributed by atoms with E-state index in [0.29, 0.717) is 23.8 Å². The number of hydrogen-bond donors (Lipinski definition) is 3. The molecule has 1 saturated carbocycles. The number of anilines is 1. The van der Waals surface area contributed by atoms with Gasteiger partial charge in [0.2, 0.25) is 0 Å². The van der Waals surface area contributed by atoms with E-state index in [1.807, 2.05) is 45.3 Å². The van der Waals surface area contributed by atoms with Crippen molar-refractivity contribution < 1.29 is 9.90 Å². The Morgan fingerprint density at radius 2 is 2.00 bits per heavy atom. The Morgan fingerprint density at radius 3 is 2.66 bits per heavy atom. The maximum atomic E-state index is 12.3. The molecule has 1 fully saturated rings. The van der Waals surface area contributed by atoms with Crippen LogP contribution in [0.2, 0.25) is 0 Å². The summed E-state index contributed by atoms with van der Waals surface area (Å²) in [6, 6.07) is 3.96. The number of fused-ring (bicyclic) bond motifs is 1. The van der Waals surface area contributed by atoms with Gasteiger partial charge in [0.05, 0.1) is 17.6 Å². The standard InChI is InChI=1S/C28H32N8O2/c1-15-10-20(35(13-15)24(38)14-37)7-9-22-25(18-4-5-18)26(29)36-28(34-22)21(12-31-36)19-6-8-23(30-11-19)27-32-16(2)17(3)33-27/h6,8,11-13,18,20,37H,4-5,7,9-10,14,29H2,1-3H3,(H,32,33)/t20-/m0/s1. The van der Waals surface area contributed by atoms with E-state index in [-0.39, 0.29) is 11.9 Å². The van der Waals surface area contributed by atoms with Gasteiger partial charge in [0.15, 0.2) is 11.5 Å². The van der Waals surface area contributed by atoms with Crippen LogP contribution >= 0.6 is 0 Å². The van der Waals surface area contributed by atoms with Gasteiger partial charge in [-0.3, -0.25) is 9.78 Å². The highest BCUT2D eigenvalue weighted by atomic mass is 16.3. The van der Waals surface area contributed by atoms with E-state index >= 15 is 0 Å². The van der Waals surface area contributed by atoms with Crippen molar-refractivity contribution in [2.75, 3.05) is 12.3 Å². The van der Waals surface area contributed by atoms with Crippen molar-refractivity contribution in [2.24, 2.45) is 0 Å². The van der Waals surface area contributed by atoms with Gasteiger partial charge in [-0.1, -0.05) is 11.6 Å². The van der Waals surface area contributed by atoms with Gasteiger partial charge in [0.1, 0.15) is 18.1 Å². The second-order valence-electron chi connectivity index (χ2n) is 10.5. The summed E-state index contributed by atoms with van der Waals surface area (Å²) in [7, 11) is 0. The molecule has 0 bridgehead atoms. The van der Waals surface area contributed by atoms with Gasteiger partial charge in [0.25, 0.3) is 5.91 Å². The van der Waals surface area contributed by atoms with Gasteiger partial charge >= 0.3 is 0 Å². The number of nitrogens with zero attached hydrogens (tertiary/aromatic N) is 6. The predicted octanol–water partition coefficient (Wildman–Crippen LogP) is 3.69. The number of rotatable bonds is 7. The topological polar surface area (TPSA) is 138 Å². The Labute approximate surface area is 220 Å². The van der Waals surface area contributed by atoms with Crippen LogP contribution in [0.15, 0.2) is 36.3 Å². The lowest BCUT2D eigenvalue weighted by atomic mass is 10.00. The minimum absolute atomic E-state index is 0.0101. The molecule has 4 aromatic heterocycles. The van der Waals surface area contributed by atoms with Gasteiger partial charge in [-0.25, -0.2) is 9.97 Å². The minimum Gasteiger partial charge on any atom is -0.387 e. The molecule has 1 atom stereocenters. The predicted molar refractivity (Wildman–Crippen MR) is 144 cm³/mol. The minimum atomic E-state index is -0.490. The van der Waals surface area contributed by atoms with Crippen LogP contribution in [0, 0.1) is 13.8 Å². The number of hydrogen-bond acceptors (Lipinski definition) is 7. The Hall–Kier alpha value is -4.05. The molecule has 0 spiro atoms. The van der Waals surface area contributed by atoms with E-state index in [0.717, 1.165) is 76.5 Å². The van der Waals surface area contributed by atoms with Crippen molar-refractivity contribution in [3.63, 3.8) is 0 Å². The Balaban J connectivity index is 1.33. The summed E-state index contributed by atoms with van der Waals surface area (Å²) in [5.74, 6) is 1.50. The van der Waals surface area contributed by atoms with Crippen molar-refractivity contribution in [1.29, 1.82) is 0 Å². The molecule has 10 heteroatoms. The lowest BCUT2D eigenvalue weighted by Gasteiger charge is -2.23. The van der Waals surface area contributed by atoms with Crippen molar-refractivity contribution in [3.05, 3.63) is 58.9 Å². The molecule has 0 unspecified atom stereocenters. The van der Waals surface area contributed by atoms with Gasteiger partial charge in [0, 0.05) is 40.8 Å². The largest absolute Gasteiger partial charge is 0.387 e. The fraction of sp³-hybridized carbons (Fsp3) is 0.393. The van der Waals surface area contributed by atoms with E-state index < -0.39 is 6.61 Å². The molecule has 4 aromatic rings. The number of carbonyl (C=O) groups is 1. The SMILES string of the molecule is CC1=CN(C(=O)CO)[C@@H](CCc2nc3c(-c4ccc(-c5nc(C)c(C)[nH]5)nc4)cnn3c(N)c2C2CC2)C1. The first-order valence-electron chi connectivity index (χ1n) is 13.1. The van der Waals surface area contributed by atoms with E-state index in [9.17, 15) is 9.90 Å². The zero-order chi connectivity index (χ0) is 26.6. The third-order valence-electron chi connectivity index (χ3n) is 7.68. The van der Waals surface area contributed by atoms with E-state index in [1.54, 1.807) is 15.6 Å². The first-order valence-corrected chi connectivity index (χ1v) is 13.1. The lowest BCUT2D eigenvalue weighted by molar-refractivity contribution is -0.133. The number of nitrogen functional groups attached to an aromatic ring is 1. The van der Waals surface area contributed by atoms with Crippen LogP contribution in [0.3, 0.4) is 0 Å². The molecule has 0 saturated heterocycles. The third kappa shape index (κ3) is 4.24. The molecular formula is C28H32N8O2. The Morgan fingerprint density at radius 1 is 1.18 bits per heavy atom. The fourth-order valence-corrected chi connectivity index (χ4v) is 5.42. The highest BCUT2D eigenvalue weighted by molar-refractivity contribution is 5.80. The zero-order valence-electron chi connectivity index (χ0n) is 21.9. The molecule has 1 aliphatic heterocycles. The molecule has 196 valence electrons. The number of aryl methyl sites for hydroxylation is 3. The highest BCUT2D eigenvalue weighted by Crippen LogP contribution is 2.45. The normalized spacial score (nSPS) is 17.4. The van der Waals surface area contributed by atoms with Gasteiger partial charge in [-0.2, -0.15) is 9.61 Å². The molecule has 4 N–H and O–H groups in total. The quantitative estimate of drug-likeness (QED) is 0.343. The summed E-state index contributed by atoms with van der Waals surface area (Å²) in [4.78, 5) is 31.5. The second kappa shape index (κ2) is 9.36. The molecule has 5 heterocycles. The van der Waals surface area contributed by atoms with Gasteiger partial charge < -0.3 is 20.7 Å². The number of aliphatic hydroxyl groups is 1. The fourth-order valence-electron chi connectivity index (χ4n) is 5.42. The second-order valence-corrected chi connectivity index (χ2v) is 10.5. The number of amides is 1. The van der Waals surface area contributed by atoms with Crippen molar-refractivity contribution >= 4 is 17.4 Å². The first-order chi connectivity index (χ1) is 18.3. The summed E-state index contributed by atoms with van der Waals surface area (Å²) in [5, 5.41) is 14.0. The number of carbonyl (C=O) groups excluding carboxylic acids is 1. The van der Waals surface area contributed by atoms with Crippen LogP contribution in [0.1, 0.15) is 61.2 Å². The zero-order valence-corrected chi connectivity index (χ0v) is 21.9. The summed E-state index contributed by atoms with van der Waals surface area (Å²) in [6.07, 6.45) is 9.87. The average molecular weight is 513 g/mol. The number of imidazole rings is 1. The Bertz CT molecular complexity index is 1540. The summed E-state index contributed by atoms with van der Waals surface area (Å²) in [6.45, 7) is 5.49. The van der Waals surface area contributed by atoms with Crippen LogP contribution in [0.4, 0.5) is 5.82 Å². The van der Waals surface area contributed by atoms with E-state index in [2.05, 4.69) is 20.1 Å². The molecule has 1 amide bonds. The summed E-state index contributed by atoms with van der Waals surface area (Å²) in [5.41, 5.74) is 15.1. The van der Waals surface area contributed by atoms with Crippen molar-refractivity contribution in [3.8, 4) is 22.6 Å². The van der Waals surface area contributed by atoms with Crippen molar-refractivity contribution in [1.82, 2.24) is 34.4 Å². The molecular weight excluding hydrogens is 480 g/mol. The van der Waals surface area contributed by atoms with Crippen LogP contribution in [-0.4, -0.2) is 58.1 Å². The highest BCUT2D eigenvalue weighted by Gasteiger charge is 2.33. The summed E-state index contributed by atoms with van der Waals surface area (Å²) >= 11 is 0. The number of nitrogens with two attached hydrogens (primary N) is 1. The lowest BCUT2D eigenvalue weighted by Crippen LogP contribution is -2.35. The molecule has 2 aliphatic rings. The number of aliphatic hydroxyl groups excluding tert-OH is 1. The van der Waals surface area contributed by atoms with Gasteiger partial charge in [-0.15, -0.1) is 0 Å². The van der Waals surface area contributed by atoms with Crippen LogP contribution in [-0.2, 0) is 11.2 Å². The van der Waals surface area contributed by atoms with E-state index in [4.69, 9.17) is 10.7 Å². The van der Waals surface area contributed by atoms with E-state index in [1.165, 1.54) is 0 Å². The molecule has 1 aliphatic carbocycles. The molecule has 6 rings (SSSR count). The smallest absolute Gasteiger partial charge is 0.252 e. The number of aromatic amines is 1. The number of H-pyrrole nitrogens is 1. The third-order valence-corrected chi connectivity index (χ3v) is 7.68. The van der Waals surface area contributed by atoms with Crippen LogP contribution < -0.4 is 5.73 Å². The average Bonchev–Trinajstić information content (AvgIpc) is 3.40. The molecule has 38 heavy (non-hydrogen) atoms. The molecule has 10 nitrogen and oxygen atoms in total. The van der Waals surface area contributed by atoms with Crippen LogP contribution in [0.5, 0.6) is 0 Å². The molecule has 0 aromatic carbocycles. The van der Waals surface area contributed by atoms with Crippen LogP contribution in [0.25, 0.3) is 28.3 Å². The number of nitrogens with one attached hydrogen (secondary N) is 1. The summed E-state index contributed by atoms with van der Waals surface area (Å²) < 4.78 is 1.74. The number of aromatic nitrogens is 6. The van der Waals surface area contributed by atoms with Crippen molar-refractivity contribution in [2.45, 2.75) is 64.8 Å². The van der Waals surface area contributed by atoms with Gasteiger partial charge in [-0.05, 0) is 64.9 Å².